The van der Waals surface area contributed by atoms with Gasteiger partial charge in [-0.25, -0.2) is 4.98 Å². The van der Waals surface area contributed by atoms with Crippen molar-refractivity contribution in [1.29, 1.82) is 0 Å². The molecule has 1 unspecified atom stereocenters. The maximum Gasteiger partial charge on any atom is 0.295 e. The summed E-state index contributed by atoms with van der Waals surface area (Å²) in [5.74, 6) is -1.38. The lowest BCUT2D eigenvalue weighted by Crippen LogP contribution is -2.33. The topological polar surface area (TPSA) is 78.2 Å². The minimum Gasteiger partial charge on any atom is -0.505 e. The number of thiophene rings is 1. The van der Waals surface area contributed by atoms with Crippen molar-refractivity contribution in [3.63, 3.8) is 0 Å². The molecule has 168 valence electrons. The lowest BCUT2D eigenvalue weighted by Gasteiger charge is -2.25. The monoisotopic (exact) mass is 452 g/mol. The summed E-state index contributed by atoms with van der Waals surface area (Å²) in [6.45, 7) is 9.20. The number of Topliss-reactive ketones (excluding diaryl/α,β-unsaturated/α-hetero) is 1. The van der Waals surface area contributed by atoms with Gasteiger partial charge in [0.2, 0.25) is 0 Å². The van der Waals surface area contributed by atoms with Crippen molar-refractivity contribution in [2.75, 3.05) is 26.2 Å². The van der Waals surface area contributed by atoms with Gasteiger partial charge in [-0.1, -0.05) is 26.0 Å². The number of aliphatic hydroxyl groups excluding tert-OH is 1. The molecule has 7 nitrogen and oxygen atoms in total. The van der Waals surface area contributed by atoms with Crippen LogP contribution in [0, 0.1) is 6.92 Å². The van der Waals surface area contributed by atoms with E-state index in [-0.39, 0.29) is 11.3 Å². The SMILES string of the molecule is CCN(CC)CCCN1C(=O)C(=O)/C(=C(\O)c2c(C)nc3ccccn23)C1c1cccs1. The molecule has 1 aliphatic rings. The molecule has 0 bridgehead atoms. The number of rotatable bonds is 8. The molecule has 0 saturated carbocycles. The number of carbonyl (C=O) groups is 2. The van der Waals surface area contributed by atoms with Crippen LogP contribution in [-0.4, -0.2) is 62.2 Å². The van der Waals surface area contributed by atoms with E-state index in [0.29, 0.717) is 23.6 Å². The first-order valence-electron chi connectivity index (χ1n) is 11.0. The molecule has 0 radical (unpaired) electrons. The minimum absolute atomic E-state index is 0.133. The van der Waals surface area contributed by atoms with Crippen LogP contribution in [0.15, 0.2) is 47.5 Å². The largest absolute Gasteiger partial charge is 0.505 e. The zero-order chi connectivity index (χ0) is 22.8. The molecule has 0 spiro atoms. The number of nitrogens with zero attached hydrogens (tertiary/aromatic N) is 4. The van der Waals surface area contributed by atoms with E-state index in [4.69, 9.17) is 0 Å². The number of fused-ring (bicyclic) bond motifs is 1. The number of hydrogen-bond donors (Lipinski definition) is 1. The highest BCUT2D eigenvalue weighted by Crippen LogP contribution is 2.41. The van der Waals surface area contributed by atoms with E-state index in [1.165, 1.54) is 11.3 Å². The smallest absolute Gasteiger partial charge is 0.295 e. The number of pyridine rings is 1. The molecule has 4 heterocycles. The van der Waals surface area contributed by atoms with Crippen LogP contribution in [-0.2, 0) is 9.59 Å². The van der Waals surface area contributed by atoms with E-state index < -0.39 is 17.7 Å². The van der Waals surface area contributed by atoms with Gasteiger partial charge in [-0.3, -0.25) is 14.0 Å². The van der Waals surface area contributed by atoms with Crippen molar-refractivity contribution in [2.45, 2.75) is 33.2 Å². The van der Waals surface area contributed by atoms with Crippen molar-refractivity contribution in [1.82, 2.24) is 19.2 Å². The maximum absolute atomic E-state index is 13.2. The van der Waals surface area contributed by atoms with Crippen LogP contribution in [0.5, 0.6) is 0 Å². The molecule has 1 atom stereocenters. The van der Waals surface area contributed by atoms with Crippen molar-refractivity contribution >= 4 is 34.4 Å². The van der Waals surface area contributed by atoms with Gasteiger partial charge in [0.05, 0.1) is 17.3 Å². The van der Waals surface area contributed by atoms with E-state index in [1.54, 1.807) is 22.4 Å². The van der Waals surface area contributed by atoms with Gasteiger partial charge in [0.1, 0.15) is 11.3 Å². The Labute approximate surface area is 191 Å². The number of likely N-dealkylation sites (tertiary alicyclic amines) is 1. The number of aryl methyl sites for hydroxylation is 1. The quantitative estimate of drug-likeness (QED) is 0.319. The molecular weight excluding hydrogens is 424 g/mol. The minimum atomic E-state index is -0.644. The van der Waals surface area contributed by atoms with Crippen LogP contribution in [0.4, 0.5) is 0 Å². The van der Waals surface area contributed by atoms with Gasteiger partial charge in [0.15, 0.2) is 5.76 Å². The first-order chi connectivity index (χ1) is 15.5. The number of imidazole rings is 1. The van der Waals surface area contributed by atoms with E-state index in [9.17, 15) is 14.7 Å². The molecule has 8 heteroatoms. The zero-order valence-electron chi connectivity index (χ0n) is 18.6. The molecule has 1 saturated heterocycles. The van der Waals surface area contributed by atoms with Crippen LogP contribution in [0.25, 0.3) is 11.4 Å². The zero-order valence-corrected chi connectivity index (χ0v) is 19.4. The Hall–Kier alpha value is -2.97. The molecule has 1 aliphatic heterocycles. The lowest BCUT2D eigenvalue weighted by molar-refractivity contribution is -0.139. The van der Waals surface area contributed by atoms with Crippen LogP contribution in [0.2, 0.25) is 0 Å². The van der Waals surface area contributed by atoms with Crippen LogP contribution in [0.3, 0.4) is 0 Å². The Balaban J connectivity index is 1.77. The second kappa shape index (κ2) is 9.26. The predicted octanol–water partition coefficient (Wildman–Crippen LogP) is 3.86. The second-order valence-corrected chi connectivity index (χ2v) is 8.84. The standard InChI is InChI=1S/C24H28N4O3S/c1-4-26(5-2)12-9-14-28-21(17-10-8-15-32-17)19(23(30)24(28)31)22(29)20-16(3)25-18-11-6-7-13-27(18)20/h6-8,10-11,13,15,21,29H,4-5,9,12,14H2,1-3H3/b22-19-. The Morgan fingerprint density at radius 3 is 2.66 bits per heavy atom. The first-order valence-corrected chi connectivity index (χ1v) is 11.8. The highest BCUT2D eigenvalue weighted by Gasteiger charge is 2.46. The van der Waals surface area contributed by atoms with E-state index in [0.717, 1.165) is 30.9 Å². The van der Waals surface area contributed by atoms with Crippen LogP contribution < -0.4 is 0 Å². The third-order valence-corrected chi connectivity index (χ3v) is 6.97. The van der Waals surface area contributed by atoms with Gasteiger partial charge in [-0.15, -0.1) is 11.3 Å². The van der Waals surface area contributed by atoms with Gasteiger partial charge in [-0.2, -0.15) is 0 Å². The molecule has 3 aromatic heterocycles. The van der Waals surface area contributed by atoms with E-state index >= 15 is 0 Å². The summed E-state index contributed by atoms with van der Waals surface area (Å²) >= 11 is 1.48. The van der Waals surface area contributed by atoms with Crippen molar-refractivity contribution in [3.05, 3.63) is 63.7 Å². The fourth-order valence-electron chi connectivity index (χ4n) is 4.38. The number of ketones is 1. The Morgan fingerprint density at radius 1 is 1.19 bits per heavy atom. The average Bonchev–Trinajstić information content (AvgIpc) is 3.49. The molecular formula is C24H28N4O3S. The third kappa shape index (κ3) is 3.84. The molecule has 4 rings (SSSR count). The van der Waals surface area contributed by atoms with Crippen LogP contribution >= 0.6 is 11.3 Å². The number of aromatic nitrogens is 2. The number of aliphatic hydroxyl groups is 1. The van der Waals surface area contributed by atoms with E-state index in [1.807, 2.05) is 35.7 Å². The summed E-state index contributed by atoms with van der Waals surface area (Å²) in [4.78, 5) is 35.5. The van der Waals surface area contributed by atoms with Gasteiger partial charge in [0, 0.05) is 17.6 Å². The van der Waals surface area contributed by atoms with E-state index in [2.05, 4.69) is 23.7 Å². The summed E-state index contributed by atoms with van der Waals surface area (Å²) < 4.78 is 1.75. The Morgan fingerprint density at radius 2 is 1.97 bits per heavy atom. The molecule has 0 aromatic carbocycles. The normalized spacial score (nSPS) is 18.4. The first kappa shape index (κ1) is 22.2. The van der Waals surface area contributed by atoms with Gasteiger partial charge in [-0.05, 0) is 56.6 Å². The van der Waals surface area contributed by atoms with Crippen molar-refractivity contribution in [2.24, 2.45) is 0 Å². The fraction of sp³-hybridized carbons (Fsp3) is 0.375. The summed E-state index contributed by atoms with van der Waals surface area (Å²) in [5, 5.41) is 13.3. The molecule has 0 aliphatic carbocycles. The highest BCUT2D eigenvalue weighted by molar-refractivity contribution is 7.10. The van der Waals surface area contributed by atoms with Gasteiger partial charge < -0.3 is 14.9 Å². The maximum atomic E-state index is 13.2. The van der Waals surface area contributed by atoms with Crippen molar-refractivity contribution in [3.8, 4) is 0 Å². The Kier molecular flexibility index (Phi) is 6.43. The fourth-order valence-corrected chi connectivity index (χ4v) is 5.23. The van der Waals surface area contributed by atoms with Gasteiger partial charge in [0.25, 0.3) is 11.7 Å². The number of amides is 1. The number of carbonyl (C=O) groups excluding carboxylic acids is 2. The highest BCUT2D eigenvalue weighted by atomic mass is 32.1. The molecule has 1 fully saturated rings. The summed E-state index contributed by atoms with van der Waals surface area (Å²) in [6, 6.07) is 8.76. The summed E-state index contributed by atoms with van der Waals surface area (Å²) in [5.41, 5.74) is 1.86. The summed E-state index contributed by atoms with van der Waals surface area (Å²) in [7, 11) is 0. The van der Waals surface area contributed by atoms with Crippen LogP contribution in [0.1, 0.15) is 42.6 Å². The average molecular weight is 453 g/mol. The second-order valence-electron chi connectivity index (χ2n) is 7.86. The van der Waals surface area contributed by atoms with Crippen molar-refractivity contribution < 1.29 is 14.7 Å². The predicted molar refractivity (Wildman–Crippen MR) is 126 cm³/mol. The summed E-state index contributed by atoms with van der Waals surface area (Å²) in [6.07, 6.45) is 2.55. The lowest BCUT2D eigenvalue weighted by atomic mass is 10.0. The molecule has 3 aromatic rings. The molecule has 32 heavy (non-hydrogen) atoms. The third-order valence-electron chi connectivity index (χ3n) is 6.05. The van der Waals surface area contributed by atoms with Gasteiger partial charge >= 0.3 is 0 Å². The number of hydrogen-bond acceptors (Lipinski definition) is 6. The Bertz CT molecular complexity index is 1160. The molecule has 1 N–H and O–H groups in total. The molecule has 1 amide bonds.